The van der Waals surface area contributed by atoms with Gasteiger partial charge in [-0.05, 0) is 6.92 Å². The van der Waals surface area contributed by atoms with Crippen LogP contribution in [0.2, 0.25) is 0 Å². The predicted octanol–water partition coefficient (Wildman–Crippen LogP) is -4.23. The van der Waals surface area contributed by atoms with Crippen LogP contribution in [0.1, 0.15) is 13.8 Å². The molecule has 1 amide bonds. The minimum absolute atomic E-state index is 0.533. The van der Waals surface area contributed by atoms with E-state index in [1.807, 2.05) is 0 Å². The van der Waals surface area contributed by atoms with Crippen molar-refractivity contribution in [1.29, 1.82) is 0 Å². The zero-order valence-corrected chi connectivity index (χ0v) is 13.8. The molecule has 2 aliphatic rings. The third-order valence-corrected chi connectivity index (χ3v) is 4.34. The van der Waals surface area contributed by atoms with Crippen LogP contribution in [0, 0.1) is 0 Å². The maximum absolute atomic E-state index is 11.2. The van der Waals surface area contributed by atoms with E-state index >= 15 is 0 Å². The molecular weight excluding hydrogens is 342 g/mol. The van der Waals surface area contributed by atoms with Crippen LogP contribution in [0.15, 0.2) is 0 Å². The van der Waals surface area contributed by atoms with Crippen LogP contribution in [-0.2, 0) is 19.0 Å². The Morgan fingerprint density at radius 3 is 2.24 bits per heavy atom. The molecule has 0 aromatic rings. The zero-order chi connectivity index (χ0) is 18.9. The molecule has 7 N–H and O–H groups in total. The molecule has 0 saturated carbocycles. The van der Waals surface area contributed by atoms with Crippen LogP contribution >= 0.6 is 0 Å². The molecule has 9 unspecified atom stereocenters. The van der Waals surface area contributed by atoms with Crippen molar-refractivity contribution >= 4 is 5.91 Å². The first-order chi connectivity index (χ1) is 11.7. The summed E-state index contributed by atoms with van der Waals surface area (Å²) < 4.78 is 15.9. The van der Waals surface area contributed by atoms with Crippen LogP contribution < -0.4 is 5.32 Å². The Labute approximate surface area is 143 Å². The number of carbonyl (C=O) groups excluding carboxylic acids is 1. The molecule has 0 aromatic heterocycles. The van der Waals surface area contributed by atoms with Crippen molar-refractivity contribution in [3.05, 3.63) is 0 Å². The lowest BCUT2D eigenvalue weighted by atomic mass is 9.95. The Bertz CT molecular complexity index is 465. The number of nitrogens with one attached hydrogen (secondary N) is 1. The summed E-state index contributed by atoms with van der Waals surface area (Å²) in [7, 11) is 0. The highest BCUT2D eigenvalue weighted by Crippen LogP contribution is 2.28. The Kier molecular flexibility index (Phi) is 6.70. The van der Waals surface area contributed by atoms with E-state index in [1.54, 1.807) is 0 Å². The number of rotatable bonds is 4. The van der Waals surface area contributed by atoms with Crippen LogP contribution in [0.3, 0.4) is 0 Å². The third kappa shape index (κ3) is 4.27. The lowest BCUT2D eigenvalue weighted by Gasteiger charge is -2.46. The second kappa shape index (κ2) is 8.20. The van der Waals surface area contributed by atoms with Gasteiger partial charge in [0.25, 0.3) is 0 Å². The SMILES string of the molecule is CC(=O)NC1C(O)C(OC2OC(C)C(O)C(O)C2O)C(CO)O[C@H]1O. The summed E-state index contributed by atoms with van der Waals surface area (Å²) in [5, 5.41) is 61.5. The molecule has 2 saturated heterocycles. The number of carbonyl (C=O) groups is 1. The minimum Gasteiger partial charge on any atom is -0.394 e. The van der Waals surface area contributed by atoms with Crippen molar-refractivity contribution in [2.24, 2.45) is 0 Å². The molecule has 10 atom stereocenters. The van der Waals surface area contributed by atoms with E-state index in [4.69, 9.17) is 14.2 Å². The molecule has 0 radical (unpaired) electrons. The molecule has 0 aromatic carbocycles. The third-order valence-electron chi connectivity index (χ3n) is 4.34. The van der Waals surface area contributed by atoms with Crippen LogP contribution in [0.4, 0.5) is 0 Å². The first-order valence-electron chi connectivity index (χ1n) is 7.92. The zero-order valence-electron chi connectivity index (χ0n) is 13.8. The van der Waals surface area contributed by atoms with Crippen LogP contribution in [0.5, 0.6) is 0 Å². The highest BCUT2D eigenvalue weighted by molar-refractivity contribution is 5.73. The Morgan fingerprint density at radius 1 is 1.04 bits per heavy atom. The molecule has 2 fully saturated rings. The number of aliphatic hydroxyl groups is 6. The Balaban J connectivity index is 2.15. The first kappa shape index (κ1) is 20.4. The standard InChI is InChI=1S/C14H25NO10/c1-4-8(18)10(20)11(21)14(23-4)25-12-6(3-16)24-13(22)7(9(12)19)15-5(2)17/h4,6-14,16,18-22H,3H2,1-2H3,(H,15,17)/t4?,6?,7?,8?,9?,10?,11?,12?,13-,14?/m1/s1. The summed E-state index contributed by atoms with van der Waals surface area (Å²) in [6.45, 7) is 2.01. The lowest BCUT2D eigenvalue weighted by molar-refractivity contribution is -0.341. The number of amides is 1. The molecule has 0 bridgehead atoms. The van der Waals surface area contributed by atoms with Gasteiger partial charge in [0.2, 0.25) is 5.91 Å². The lowest BCUT2D eigenvalue weighted by Crippen LogP contribution is -2.66. The van der Waals surface area contributed by atoms with Crippen molar-refractivity contribution in [2.45, 2.75) is 75.2 Å². The van der Waals surface area contributed by atoms with Gasteiger partial charge >= 0.3 is 0 Å². The van der Waals surface area contributed by atoms with E-state index in [-0.39, 0.29) is 0 Å². The van der Waals surface area contributed by atoms with Gasteiger partial charge in [-0.2, -0.15) is 0 Å². The molecule has 11 nitrogen and oxygen atoms in total. The normalized spacial score (nSPS) is 48.2. The van der Waals surface area contributed by atoms with Gasteiger partial charge in [0.1, 0.15) is 42.7 Å². The van der Waals surface area contributed by atoms with E-state index in [9.17, 15) is 35.4 Å². The number of hydrogen-bond acceptors (Lipinski definition) is 10. The minimum atomic E-state index is -1.62. The van der Waals surface area contributed by atoms with E-state index < -0.39 is 73.9 Å². The van der Waals surface area contributed by atoms with Crippen molar-refractivity contribution in [2.75, 3.05) is 6.61 Å². The number of ether oxygens (including phenoxy) is 3. The molecule has 25 heavy (non-hydrogen) atoms. The van der Waals surface area contributed by atoms with Gasteiger partial charge in [-0.3, -0.25) is 4.79 Å². The van der Waals surface area contributed by atoms with Gasteiger partial charge in [-0.15, -0.1) is 0 Å². The molecule has 11 heteroatoms. The van der Waals surface area contributed by atoms with Crippen LogP contribution in [-0.4, -0.2) is 105 Å². The topological polar surface area (TPSA) is 178 Å². The molecule has 146 valence electrons. The van der Waals surface area contributed by atoms with Gasteiger partial charge < -0.3 is 50.2 Å². The molecule has 0 spiro atoms. The fourth-order valence-electron chi connectivity index (χ4n) is 2.92. The number of hydrogen-bond donors (Lipinski definition) is 7. The first-order valence-corrected chi connectivity index (χ1v) is 7.92. The fourth-order valence-corrected chi connectivity index (χ4v) is 2.92. The van der Waals surface area contributed by atoms with Gasteiger partial charge in [-0.1, -0.05) is 0 Å². The predicted molar refractivity (Wildman–Crippen MR) is 78.8 cm³/mol. The van der Waals surface area contributed by atoms with Gasteiger partial charge in [0.15, 0.2) is 12.6 Å². The van der Waals surface area contributed by atoms with Crippen molar-refractivity contribution < 1.29 is 49.6 Å². The molecule has 2 rings (SSSR count). The van der Waals surface area contributed by atoms with Crippen LogP contribution in [0.25, 0.3) is 0 Å². The largest absolute Gasteiger partial charge is 0.394 e. The van der Waals surface area contributed by atoms with Crippen molar-refractivity contribution in [1.82, 2.24) is 5.32 Å². The van der Waals surface area contributed by atoms with Gasteiger partial charge in [0.05, 0.1) is 12.7 Å². The van der Waals surface area contributed by atoms with Gasteiger partial charge in [-0.25, -0.2) is 0 Å². The molecule has 0 aliphatic carbocycles. The highest BCUT2D eigenvalue weighted by Gasteiger charge is 2.50. The average Bonchev–Trinajstić information content (AvgIpc) is 2.56. The number of aliphatic hydroxyl groups excluding tert-OH is 6. The van der Waals surface area contributed by atoms with Gasteiger partial charge in [0, 0.05) is 6.92 Å². The monoisotopic (exact) mass is 367 g/mol. The summed E-state index contributed by atoms with van der Waals surface area (Å²) in [5.41, 5.74) is 0. The molecular formula is C14H25NO10. The average molecular weight is 367 g/mol. The fraction of sp³-hybridized carbons (Fsp3) is 0.929. The molecule has 2 heterocycles. The maximum Gasteiger partial charge on any atom is 0.217 e. The summed E-state index contributed by atoms with van der Waals surface area (Å²) in [4.78, 5) is 11.2. The van der Waals surface area contributed by atoms with E-state index in [1.165, 1.54) is 13.8 Å². The van der Waals surface area contributed by atoms with Crippen molar-refractivity contribution in [3.63, 3.8) is 0 Å². The summed E-state index contributed by atoms with van der Waals surface area (Å²) in [5.74, 6) is -0.533. The highest BCUT2D eigenvalue weighted by atomic mass is 16.7. The quantitative estimate of drug-likeness (QED) is 0.257. The summed E-state index contributed by atoms with van der Waals surface area (Å²) in [6.07, 6.45) is -12.3. The smallest absolute Gasteiger partial charge is 0.217 e. The summed E-state index contributed by atoms with van der Waals surface area (Å²) >= 11 is 0. The van der Waals surface area contributed by atoms with E-state index in [2.05, 4.69) is 5.32 Å². The van der Waals surface area contributed by atoms with E-state index in [0.29, 0.717) is 0 Å². The Morgan fingerprint density at radius 2 is 1.68 bits per heavy atom. The van der Waals surface area contributed by atoms with E-state index in [0.717, 1.165) is 0 Å². The van der Waals surface area contributed by atoms with Crippen molar-refractivity contribution in [3.8, 4) is 0 Å². The summed E-state index contributed by atoms with van der Waals surface area (Å²) in [6, 6.07) is -1.24. The molecule has 2 aliphatic heterocycles. The second-order valence-corrected chi connectivity index (χ2v) is 6.25. The second-order valence-electron chi connectivity index (χ2n) is 6.25. The Hall–Kier alpha value is -0.890. The maximum atomic E-state index is 11.2.